The summed E-state index contributed by atoms with van der Waals surface area (Å²) in [7, 11) is 0. The third-order valence-electron chi connectivity index (χ3n) is 2.17. The summed E-state index contributed by atoms with van der Waals surface area (Å²) in [4.78, 5) is 4.30. The third kappa shape index (κ3) is 4.30. The normalized spacial score (nSPS) is 10.7. The van der Waals surface area contributed by atoms with Gasteiger partial charge in [-0.1, -0.05) is 13.8 Å². The van der Waals surface area contributed by atoms with E-state index in [-0.39, 0.29) is 0 Å². The minimum Gasteiger partial charge on any atom is -0.478 e. The quantitative estimate of drug-likeness (QED) is 0.807. The number of nitrogens with two attached hydrogens (primary N) is 1. The molecule has 1 aromatic rings. The van der Waals surface area contributed by atoms with Crippen molar-refractivity contribution in [2.24, 2.45) is 11.7 Å². The number of pyridine rings is 1. The molecule has 0 aromatic carbocycles. The highest BCUT2D eigenvalue weighted by atomic mass is 16.5. The predicted molar refractivity (Wildman–Crippen MR) is 61.8 cm³/mol. The molecule has 1 heterocycles. The van der Waals surface area contributed by atoms with Gasteiger partial charge >= 0.3 is 0 Å². The van der Waals surface area contributed by atoms with Gasteiger partial charge in [-0.05, 0) is 30.9 Å². The van der Waals surface area contributed by atoms with Crippen LogP contribution in [0.25, 0.3) is 0 Å². The van der Waals surface area contributed by atoms with Gasteiger partial charge in [0.15, 0.2) is 0 Å². The molecule has 0 spiro atoms. The molecule has 0 radical (unpaired) electrons. The number of hydrogen-bond donors (Lipinski definition) is 1. The molecule has 0 aliphatic carbocycles. The highest BCUT2D eigenvalue weighted by Crippen LogP contribution is 2.12. The molecular formula is C12H20N2O. The Morgan fingerprint density at radius 1 is 1.40 bits per heavy atom. The lowest BCUT2D eigenvalue weighted by molar-refractivity contribution is 0.278. The first-order valence-electron chi connectivity index (χ1n) is 5.42. The summed E-state index contributed by atoms with van der Waals surface area (Å²) in [5.74, 6) is 1.35. The maximum absolute atomic E-state index is 5.58. The minimum atomic E-state index is 0.532. The van der Waals surface area contributed by atoms with E-state index >= 15 is 0 Å². The number of aromatic nitrogens is 1. The summed E-state index contributed by atoms with van der Waals surface area (Å²) < 4.78 is 5.57. The number of rotatable bonds is 5. The molecule has 0 amide bonds. The molecule has 84 valence electrons. The van der Waals surface area contributed by atoms with Crippen molar-refractivity contribution in [2.75, 3.05) is 6.61 Å². The Bertz CT molecular complexity index is 310. The Hall–Kier alpha value is -1.09. The fourth-order valence-corrected chi connectivity index (χ4v) is 1.30. The van der Waals surface area contributed by atoms with Gasteiger partial charge in [0.1, 0.15) is 0 Å². The molecule has 0 atom stereocenters. The Balaban J connectivity index is 2.56. The van der Waals surface area contributed by atoms with E-state index in [1.807, 2.05) is 19.1 Å². The first kappa shape index (κ1) is 12.0. The molecule has 1 aromatic heterocycles. The van der Waals surface area contributed by atoms with Crippen molar-refractivity contribution < 1.29 is 4.74 Å². The molecule has 3 heteroatoms. The lowest BCUT2D eigenvalue weighted by atomic mass is 10.1. The van der Waals surface area contributed by atoms with Crippen LogP contribution in [0.5, 0.6) is 5.88 Å². The Labute approximate surface area is 91.7 Å². The van der Waals surface area contributed by atoms with Crippen molar-refractivity contribution in [3.8, 4) is 5.88 Å². The van der Waals surface area contributed by atoms with Crippen LogP contribution in [0.15, 0.2) is 12.1 Å². The average molecular weight is 208 g/mol. The summed E-state index contributed by atoms with van der Waals surface area (Å²) >= 11 is 0. The first-order valence-corrected chi connectivity index (χ1v) is 5.42. The summed E-state index contributed by atoms with van der Waals surface area (Å²) in [5, 5.41) is 0. The molecular weight excluding hydrogens is 188 g/mol. The second-order valence-electron chi connectivity index (χ2n) is 4.19. The van der Waals surface area contributed by atoms with Gasteiger partial charge in [-0.25, -0.2) is 4.98 Å². The van der Waals surface area contributed by atoms with Crippen molar-refractivity contribution in [3.63, 3.8) is 0 Å². The lowest BCUT2D eigenvalue weighted by Gasteiger charge is -2.09. The second-order valence-corrected chi connectivity index (χ2v) is 4.19. The average Bonchev–Trinajstić information content (AvgIpc) is 2.16. The monoisotopic (exact) mass is 208 g/mol. The summed E-state index contributed by atoms with van der Waals surface area (Å²) in [5.41, 5.74) is 7.61. The van der Waals surface area contributed by atoms with E-state index in [1.165, 1.54) is 0 Å². The zero-order chi connectivity index (χ0) is 11.3. The maximum atomic E-state index is 5.58. The fraction of sp³-hybridized carbons (Fsp3) is 0.583. The van der Waals surface area contributed by atoms with Gasteiger partial charge in [0.05, 0.1) is 6.61 Å². The van der Waals surface area contributed by atoms with Gasteiger partial charge in [0, 0.05) is 18.3 Å². The van der Waals surface area contributed by atoms with E-state index < -0.39 is 0 Å². The largest absolute Gasteiger partial charge is 0.478 e. The molecule has 0 unspecified atom stereocenters. The van der Waals surface area contributed by atoms with E-state index in [0.29, 0.717) is 18.3 Å². The number of aryl methyl sites for hydroxylation is 1. The standard InChI is InChI=1S/C12H20N2O/c1-9(2)4-5-15-12-7-11(8-13)6-10(3)14-12/h6-7,9H,4-5,8,13H2,1-3H3. The third-order valence-corrected chi connectivity index (χ3v) is 2.17. The van der Waals surface area contributed by atoms with Crippen LogP contribution >= 0.6 is 0 Å². The molecule has 0 fully saturated rings. The van der Waals surface area contributed by atoms with Gasteiger partial charge in [0.2, 0.25) is 5.88 Å². The lowest BCUT2D eigenvalue weighted by Crippen LogP contribution is -2.05. The fourth-order valence-electron chi connectivity index (χ4n) is 1.30. The first-order chi connectivity index (χ1) is 7.11. The molecule has 3 nitrogen and oxygen atoms in total. The minimum absolute atomic E-state index is 0.532. The van der Waals surface area contributed by atoms with Gasteiger partial charge < -0.3 is 10.5 Å². The van der Waals surface area contributed by atoms with Crippen LogP contribution in [-0.4, -0.2) is 11.6 Å². The molecule has 15 heavy (non-hydrogen) atoms. The summed E-state index contributed by atoms with van der Waals surface area (Å²) in [6, 6.07) is 3.89. The summed E-state index contributed by atoms with van der Waals surface area (Å²) in [6.45, 7) is 7.56. The van der Waals surface area contributed by atoms with Gasteiger partial charge in [0.25, 0.3) is 0 Å². The van der Waals surface area contributed by atoms with Crippen LogP contribution in [-0.2, 0) is 6.54 Å². The van der Waals surface area contributed by atoms with Crippen LogP contribution in [0.3, 0.4) is 0 Å². The van der Waals surface area contributed by atoms with E-state index in [9.17, 15) is 0 Å². The molecule has 0 bridgehead atoms. The van der Waals surface area contributed by atoms with Crippen LogP contribution in [0.1, 0.15) is 31.5 Å². The molecule has 0 aliphatic heterocycles. The van der Waals surface area contributed by atoms with Crippen molar-refractivity contribution in [3.05, 3.63) is 23.4 Å². The topological polar surface area (TPSA) is 48.1 Å². The van der Waals surface area contributed by atoms with Crippen LogP contribution in [0.2, 0.25) is 0 Å². The predicted octanol–water partition coefficient (Wildman–Crippen LogP) is 2.27. The SMILES string of the molecule is Cc1cc(CN)cc(OCCC(C)C)n1. The van der Waals surface area contributed by atoms with E-state index in [2.05, 4.69) is 18.8 Å². The zero-order valence-electron chi connectivity index (χ0n) is 9.79. The molecule has 1 rings (SSSR count). The molecule has 2 N–H and O–H groups in total. The maximum Gasteiger partial charge on any atom is 0.213 e. The Kier molecular flexibility index (Phi) is 4.56. The number of ether oxygens (including phenoxy) is 1. The van der Waals surface area contributed by atoms with Crippen molar-refractivity contribution in [1.82, 2.24) is 4.98 Å². The Morgan fingerprint density at radius 2 is 2.13 bits per heavy atom. The van der Waals surface area contributed by atoms with Crippen LogP contribution in [0, 0.1) is 12.8 Å². The smallest absolute Gasteiger partial charge is 0.213 e. The Morgan fingerprint density at radius 3 is 2.73 bits per heavy atom. The van der Waals surface area contributed by atoms with Gasteiger partial charge in [-0.15, -0.1) is 0 Å². The number of nitrogens with zero attached hydrogens (tertiary/aromatic N) is 1. The van der Waals surface area contributed by atoms with Gasteiger partial charge in [-0.2, -0.15) is 0 Å². The van der Waals surface area contributed by atoms with Crippen molar-refractivity contribution in [1.29, 1.82) is 0 Å². The molecule has 0 saturated heterocycles. The number of hydrogen-bond acceptors (Lipinski definition) is 3. The molecule has 0 aliphatic rings. The van der Waals surface area contributed by atoms with E-state index in [4.69, 9.17) is 10.5 Å². The summed E-state index contributed by atoms with van der Waals surface area (Å²) in [6.07, 6.45) is 1.05. The molecule has 0 saturated carbocycles. The van der Waals surface area contributed by atoms with Crippen LogP contribution < -0.4 is 10.5 Å². The van der Waals surface area contributed by atoms with Gasteiger partial charge in [-0.3, -0.25) is 0 Å². The highest BCUT2D eigenvalue weighted by molar-refractivity contribution is 5.24. The van der Waals surface area contributed by atoms with Crippen molar-refractivity contribution in [2.45, 2.75) is 33.7 Å². The van der Waals surface area contributed by atoms with E-state index in [1.54, 1.807) is 0 Å². The second kappa shape index (κ2) is 5.71. The van der Waals surface area contributed by atoms with Crippen molar-refractivity contribution >= 4 is 0 Å². The highest BCUT2D eigenvalue weighted by Gasteiger charge is 2.01. The zero-order valence-corrected chi connectivity index (χ0v) is 9.79. The van der Waals surface area contributed by atoms with Crippen LogP contribution in [0.4, 0.5) is 0 Å². The van der Waals surface area contributed by atoms with E-state index in [0.717, 1.165) is 24.3 Å².